The second-order valence-electron chi connectivity index (χ2n) is 6.52. The molecule has 6 heteroatoms. The maximum atomic E-state index is 12.7. The van der Waals surface area contributed by atoms with E-state index in [1.54, 1.807) is 18.7 Å². The Morgan fingerprint density at radius 1 is 1.11 bits per heavy atom. The van der Waals surface area contributed by atoms with Crippen LogP contribution in [0.1, 0.15) is 12.5 Å². The average Bonchev–Trinajstić information content (AvgIpc) is 2.71. The Kier molecular flexibility index (Phi) is 5.68. The first kappa shape index (κ1) is 19.5. The van der Waals surface area contributed by atoms with Gasteiger partial charge >= 0.3 is 0 Å². The summed E-state index contributed by atoms with van der Waals surface area (Å²) in [6.45, 7) is 4.25. The number of ether oxygens (including phenoxy) is 2. The van der Waals surface area contributed by atoms with Gasteiger partial charge in [-0.05, 0) is 43.7 Å². The Balaban J connectivity index is 1.86. The minimum Gasteiger partial charge on any atom is -0.495 e. The number of aryl methyl sites for hydroxylation is 2. The predicted octanol–water partition coefficient (Wildman–Crippen LogP) is 3.38. The van der Waals surface area contributed by atoms with Gasteiger partial charge in [-0.3, -0.25) is 9.59 Å². The number of rotatable bonds is 6. The third kappa shape index (κ3) is 3.71. The summed E-state index contributed by atoms with van der Waals surface area (Å²) in [5, 5.41) is 0.799. The maximum absolute atomic E-state index is 12.7. The number of benzene rings is 2. The van der Waals surface area contributed by atoms with E-state index in [0.717, 1.165) is 16.5 Å². The number of likely N-dealkylation sites (N-methyl/N-ethyl adjacent to an activating group) is 1. The lowest BCUT2D eigenvalue weighted by Crippen LogP contribution is -2.32. The highest BCUT2D eigenvalue weighted by atomic mass is 16.5. The number of anilines is 1. The van der Waals surface area contributed by atoms with E-state index in [1.165, 1.54) is 11.0 Å². The van der Waals surface area contributed by atoms with Crippen molar-refractivity contribution in [3.63, 3.8) is 0 Å². The molecule has 0 radical (unpaired) electrons. The number of pyridine rings is 1. The number of hydrogen-bond donors (Lipinski definition) is 0. The highest BCUT2D eigenvalue weighted by Gasteiger charge is 2.17. The maximum Gasteiger partial charge on any atom is 0.264 e. The molecule has 3 rings (SSSR count). The topological polar surface area (TPSA) is 60.8 Å². The molecule has 1 aromatic heterocycles. The number of amides is 1. The van der Waals surface area contributed by atoms with Crippen LogP contribution in [-0.2, 0) is 11.3 Å². The lowest BCUT2D eigenvalue weighted by molar-refractivity contribution is -0.120. The summed E-state index contributed by atoms with van der Waals surface area (Å²) >= 11 is 0. The van der Waals surface area contributed by atoms with Crippen molar-refractivity contribution < 1.29 is 14.3 Å². The Hall–Kier alpha value is -3.28. The zero-order valence-electron chi connectivity index (χ0n) is 16.6. The minimum absolute atomic E-state index is 0.155. The fourth-order valence-corrected chi connectivity index (χ4v) is 3.18. The van der Waals surface area contributed by atoms with Crippen LogP contribution in [0.25, 0.3) is 10.9 Å². The van der Waals surface area contributed by atoms with E-state index in [0.29, 0.717) is 23.7 Å². The van der Waals surface area contributed by atoms with Crippen molar-refractivity contribution in [2.24, 2.45) is 0 Å². The van der Waals surface area contributed by atoms with Gasteiger partial charge in [0.2, 0.25) is 0 Å². The number of aromatic nitrogens is 1. The van der Waals surface area contributed by atoms with Crippen LogP contribution in [0.3, 0.4) is 0 Å². The van der Waals surface area contributed by atoms with Gasteiger partial charge in [0, 0.05) is 25.0 Å². The molecule has 0 saturated carbocycles. The Labute approximate surface area is 163 Å². The molecule has 1 heterocycles. The van der Waals surface area contributed by atoms with Crippen molar-refractivity contribution in [2.75, 3.05) is 25.7 Å². The number of nitrogens with zero attached hydrogens (tertiary/aromatic N) is 2. The monoisotopic (exact) mass is 380 g/mol. The normalized spacial score (nSPS) is 10.7. The smallest absolute Gasteiger partial charge is 0.264 e. The fourth-order valence-electron chi connectivity index (χ4n) is 3.18. The molecule has 0 atom stereocenters. The first-order valence-electron chi connectivity index (χ1n) is 9.12. The zero-order chi connectivity index (χ0) is 20.3. The SMILES string of the molecule is CCn1c(=O)cc(OCC(=O)N(C)c2cc(C)ccc2OC)c2ccccc21. The number of fused-ring (bicyclic) bond motifs is 1. The van der Waals surface area contributed by atoms with E-state index in [1.807, 2.05) is 56.3 Å². The van der Waals surface area contributed by atoms with Gasteiger partial charge < -0.3 is 18.9 Å². The summed E-state index contributed by atoms with van der Waals surface area (Å²) in [5.74, 6) is 0.772. The molecule has 0 aliphatic carbocycles. The first-order chi connectivity index (χ1) is 13.5. The summed E-state index contributed by atoms with van der Waals surface area (Å²) < 4.78 is 12.8. The van der Waals surface area contributed by atoms with Crippen molar-refractivity contribution in [3.8, 4) is 11.5 Å². The first-order valence-corrected chi connectivity index (χ1v) is 9.12. The molecule has 28 heavy (non-hydrogen) atoms. The molecule has 0 N–H and O–H groups in total. The fraction of sp³-hybridized carbons (Fsp3) is 0.273. The second kappa shape index (κ2) is 8.17. The van der Waals surface area contributed by atoms with Crippen LogP contribution in [0.15, 0.2) is 53.3 Å². The number of hydrogen-bond acceptors (Lipinski definition) is 4. The minimum atomic E-state index is -0.243. The number of carbonyl (C=O) groups excluding carboxylic acids is 1. The van der Waals surface area contributed by atoms with E-state index in [2.05, 4.69) is 0 Å². The van der Waals surface area contributed by atoms with E-state index < -0.39 is 0 Å². The summed E-state index contributed by atoms with van der Waals surface area (Å²) in [4.78, 5) is 26.6. The van der Waals surface area contributed by atoms with Gasteiger partial charge in [0.25, 0.3) is 11.5 Å². The molecule has 3 aromatic rings. The third-order valence-corrected chi connectivity index (χ3v) is 4.72. The van der Waals surface area contributed by atoms with Gasteiger partial charge in [-0.1, -0.05) is 18.2 Å². The van der Waals surface area contributed by atoms with Crippen molar-refractivity contribution in [1.29, 1.82) is 0 Å². The summed E-state index contributed by atoms with van der Waals surface area (Å²) in [7, 11) is 3.24. The Morgan fingerprint density at radius 3 is 2.57 bits per heavy atom. The van der Waals surface area contributed by atoms with Crippen LogP contribution in [0, 0.1) is 6.92 Å². The van der Waals surface area contributed by atoms with Crippen LogP contribution < -0.4 is 19.9 Å². The van der Waals surface area contributed by atoms with E-state index in [9.17, 15) is 9.59 Å². The lowest BCUT2D eigenvalue weighted by atomic mass is 10.2. The molecule has 0 bridgehead atoms. The van der Waals surface area contributed by atoms with Gasteiger partial charge in [0.15, 0.2) is 6.61 Å². The molecule has 0 aliphatic rings. The molecule has 1 amide bonds. The highest BCUT2D eigenvalue weighted by molar-refractivity contribution is 5.96. The Bertz CT molecular complexity index is 1070. The van der Waals surface area contributed by atoms with E-state index in [4.69, 9.17) is 9.47 Å². The van der Waals surface area contributed by atoms with Crippen LogP contribution in [0.2, 0.25) is 0 Å². The van der Waals surface area contributed by atoms with Crippen LogP contribution in [-0.4, -0.2) is 31.2 Å². The molecule has 0 spiro atoms. The molecule has 146 valence electrons. The van der Waals surface area contributed by atoms with E-state index >= 15 is 0 Å². The quantitative estimate of drug-likeness (QED) is 0.658. The summed E-state index contributed by atoms with van der Waals surface area (Å²) in [6, 6.07) is 14.6. The number of methoxy groups -OCH3 is 1. The molecule has 2 aromatic carbocycles. The van der Waals surface area contributed by atoms with Crippen LogP contribution in [0.4, 0.5) is 5.69 Å². The molecule has 0 unspecified atom stereocenters. The molecule has 6 nitrogen and oxygen atoms in total. The number of para-hydroxylation sites is 1. The summed E-state index contributed by atoms with van der Waals surface area (Å²) in [6.07, 6.45) is 0. The van der Waals surface area contributed by atoms with E-state index in [-0.39, 0.29) is 18.1 Å². The summed E-state index contributed by atoms with van der Waals surface area (Å²) in [5.41, 5.74) is 2.32. The van der Waals surface area contributed by atoms with Crippen molar-refractivity contribution in [3.05, 3.63) is 64.4 Å². The molecule has 0 fully saturated rings. The molecular formula is C22H24N2O4. The third-order valence-electron chi connectivity index (χ3n) is 4.72. The standard InChI is InChI=1S/C22H24N2O4/c1-5-24-17-9-7-6-8-16(17)20(13-21(24)25)28-14-22(26)23(3)18-12-15(2)10-11-19(18)27-4/h6-13H,5,14H2,1-4H3. The molecule has 0 aliphatic heterocycles. The number of carbonyl (C=O) groups is 1. The second-order valence-corrected chi connectivity index (χ2v) is 6.52. The van der Waals surface area contributed by atoms with Crippen LogP contribution >= 0.6 is 0 Å². The van der Waals surface area contributed by atoms with Gasteiger partial charge in [-0.15, -0.1) is 0 Å². The van der Waals surface area contributed by atoms with Gasteiger partial charge in [0.1, 0.15) is 11.5 Å². The zero-order valence-corrected chi connectivity index (χ0v) is 16.6. The van der Waals surface area contributed by atoms with Gasteiger partial charge in [-0.2, -0.15) is 0 Å². The Morgan fingerprint density at radius 2 is 1.86 bits per heavy atom. The van der Waals surface area contributed by atoms with Crippen molar-refractivity contribution in [2.45, 2.75) is 20.4 Å². The van der Waals surface area contributed by atoms with Crippen molar-refractivity contribution >= 4 is 22.5 Å². The largest absolute Gasteiger partial charge is 0.495 e. The molecule has 0 saturated heterocycles. The lowest BCUT2D eigenvalue weighted by Gasteiger charge is -2.21. The van der Waals surface area contributed by atoms with Crippen molar-refractivity contribution in [1.82, 2.24) is 4.57 Å². The average molecular weight is 380 g/mol. The predicted molar refractivity (Wildman–Crippen MR) is 111 cm³/mol. The van der Waals surface area contributed by atoms with Crippen LogP contribution in [0.5, 0.6) is 11.5 Å². The molecular weight excluding hydrogens is 356 g/mol. The van der Waals surface area contributed by atoms with Gasteiger partial charge in [-0.25, -0.2) is 0 Å². The van der Waals surface area contributed by atoms with Gasteiger partial charge in [0.05, 0.1) is 18.3 Å². The highest BCUT2D eigenvalue weighted by Crippen LogP contribution is 2.29.